The van der Waals surface area contributed by atoms with E-state index in [2.05, 4.69) is 0 Å². The van der Waals surface area contributed by atoms with E-state index in [0.29, 0.717) is 0 Å². The fraction of sp³-hybridized carbons (Fsp3) is 0.188. The molecule has 0 bridgehead atoms. The Kier molecular flexibility index (Phi) is 2.82. The van der Waals surface area contributed by atoms with E-state index in [1.807, 2.05) is 29.0 Å². The summed E-state index contributed by atoms with van der Waals surface area (Å²) >= 11 is 0. The topological polar surface area (TPSA) is 64.6 Å². The van der Waals surface area contributed by atoms with Crippen molar-refractivity contribution in [3.05, 3.63) is 57.6 Å². The van der Waals surface area contributed by atoms with E-state index in [4.69, 9.17) is 9.47 Å². The lowest BCUT2D eigenvalue weighted by Gasteiger charge is -2.12. The second kappa shape index (κ2) is 4.84. The summed E-state index contributed by atoms with van der Waals surface area (Å²) in [6.07, 6.45) is 2.85. The Morgan fingerprint density at radius 2 is 1.95 bits per heavy atom. The SMILES string of the molecule is O=[N+]([O-])c1cccc([N+]2=Cc3cc4c(cc3CC2)OCO4)c1. The van der Waals surface area contributed by atoms with Crippen LogP contribution in [-0.4, -0.2) is 29.1 Å². The van der Waals surface area contributed by atoms with Crippen LogP contribution in [0.2, 0.25) is 0 Å². The molecule has 2 aromatic carbocycles. The van der Waals surface area contributed by atoms with Crippen molar-refractivity contribution >= 4 is 17.6 Å². The minimum Gasteiger partial charge on any atom is -0.454 e. The molecular weight excluding hydrogens is 284 g/mol. The fourth-order valence-corrected chi connectivity index (χ4v) is 2.80. The zero-order chi connectivity index (χ0) is 15.1. The van der Waals surface area contributed by atoms with Gasteiger partial charge >= 0.3 is 0 Å². The van der Waals surface area contributed by atoms with Gasteiger partial charge in [-0.25, -0.2) is 0 Å². The van der Waals surface area contributed by atoms with Crippen LogP contribution in [0.15, 0.2) is 36.4 Å². The molecule has 0 N–H and O–H groups in total. The first kappa shape index (κ1) is 12.8. The van der Waals surface area contributed by atoms with Crippen LogP contribution in [0.5, 0.6) is 11.5 Å². The molecule has 0 aromatic heterocycles. The minimum absolute atomic E-state index is 0.0994. The molecule has 110 valence electrons. The minimum atomic E-state index is -0.376. The summed E-state index contributed by atoms with van der Waals surface area (Å²) in [5.74, 6) is 1.53. The van der Waals surface area contributed by atoms with E-state index in [1.54, 1.807) is 12.1 Å². The number of fused-ring (bicyclic) bond motifs is 2. The van der Waals surface area contributed by atoms with Crippen molar-refractivity contribution in [3.8, 4) is 11.5 Å². The second-order valence-corrected chi connectivity index (χ2v) is 5.25. The molecule has 0 fully saturated rings. The lowest BCUT2D eigenvalue weighted by molar-refractivity contribution is -0.437. The predicted octanol–water partition coefficient (Wildman–Crippen LogP) is 2.64. The van der Waals surface area contributed by atoms with Crippen molar-refractivity contribution in [1.29, 1.82) is 0 Å². The highest BCUT2D eigenvalue weighted by Crippen LogP contribution is 2.35. The van der Waals surface area contributed by atoms with Gasteiger partial charge in [0.2, 0.25) is 12.5 Å². The van der Waals surface area contributed by atoms with Crippen LogP contribution in [0.1, 0.15) is 11.1 Å². The van der Waals surface area contributed by atoms with Gasteiger partial charge in [-0.1, -0.05) is 0 Å². The van der Waals surface area contributed by atoms with E-state index in [-0.39, 0.29) is 17.4 Å². The van der Waals surface area contributed by atoms with Gasteiger partial charge in [0.25, 0.3) is 5.69 Å². The molecule has 0 saturated heterocycles. The monoisotopic (exact) mass is 297 g/mol. The summed E-state index contributed by atoms with van der Waals surface area (Å²) in [6.45, 7) is 1.03. The molecule has 0 saturated carbocycles. The molecule has 2 aromatic rings. The molecular formula is C16H13N2O4+. The van der Waals surface area contributed by atoms with E-state index < -0.39 is 0 Å². The molecule has 0 unspecified atom stereocenters. The Morgan fingerprint density at radius 1 is 1.14 bits per heavy atom. The number of hydrogen-bond acceptors (Lipinski definition) is 4. The van der Waals surface area contributed by atoms with Crippen LogP contribution < -0.4 is 9.47 Å². The van der Waals surface area contributed by atoms with Gasteiger partial charge in [0.15, 0.2) is 24.3 Å². The summed E-state index contributed by atoms with van der Waals surface area (Å²) in [7, 11) is 0. The zero-order valence-corrected chi connectivity index (χ0v) is 11.7. The van der Waals surface area contributed by atoms with Gasteiger partial charge in [-0.15, -0.1) is 0 Å². The Hall–Kier alpha value is -2.89. The van der Waals surface area contributed by atoms with Crippen LogP contribution in [0.25, 0.3) is 0 Å². The molecule has 0 radical (unpaired) electrons. The lowest BCUT2D eigenvalue weighted by Crippen LogP contribution is -2.18. The molecule has 0 atom stereocenters. The number of rotatable bonds is 2. The number of non-ortho nitro benzene ring substituents is 1. The Labute approximate surface area is 126 Å². The number of hydrogen-bond donors (Lipinski definition) is 0. The van der Waals surface area contributed by atoms with E-state index >= 15 is 0 Å². The highest BCUT2D eigenvalue weighted by Gasteiger charge is 2.24. The van der Waals surface area contributed by atoms with Crippen molar-refractivity contribution in [2.75, 3.05) is 13.3 Å². The van der Waals surface area contributed by atoms with Gasteiger partial charge in [-0.3, -0.25) is 10.1 Å². The molecule has 0 spiro atoms. The van der Waals surface area contributed by atoms with Crippen molar-refractivity contribution < 1.29 is 19.0 Å². The number of nitrogens with zero attached hydrogens (tertiary/aromatic N) is 2. The summed E-state index contributed by atoms with van der Waals surface area (Å²) < 4.78 is 12.8. The van der Waals surface area contributed by atoms with E-state index in [9.17, 15) is 10.1 Å². The summed E-state index contributed by atoms with van der Waals surface area (Å²) in [5.41, 5.74) is 3.17. The second-order valence-electron chi connectivity index (χ2n) is 5.25. The molecule has 6 heteroatoms. The van der Waals surface area contributed by atoms with Crippen molar-refractivity contribution in [2.45, 2.75) is 6.42 Å². The molecule has 22 heavy (non-hydrogen) atoms. The quantitative estimate of drug-likeness (QED) is 0.485. The Balaban J connectivity index is 1.75. The van der Waals surface area contributed by atoms with Crippen molar-refractivity contribution in [3.63, 3.8) is 0 Å². The molecule has 6 nitrogen and oxygen atoms in total. The van der Waals surface area contributed by atoms with Gasteiger partial charge in [0.1, 0.15) is 0 Å². The third-order valence-corrected chi connectivity index (χ3v) is 3.92. The van der Waals surface area contributed by atoms with Gasteiger partial charge < -0.3 is 9.47 Å². The average Bonchev–Trinajstić information content (AvgIpc) is 2.99. The molecule has 2 heterocycles. The largest absolute Gasteiger partial charge is 0.454 e. The van der Waals surface area contributed by atoms with Gasteiger partial charge in [0, 0.05) is 24.1 Å². The number of benzene rings is 2. The molecule has 2 aliphatic heterocycles. The summed E-state index contributed by atoms with van der Waals surface area (Å²) in [4.78, 5) is 10.5. The van der Waals surface area contributed by atoms with Crippen molar-refractivity contribution in [1.82, 2.24) is 0 Å². The predicted molar refractivity (Wildman–Crippen MR) is 79.3 cm³/mol. The lowest BCUT2D eigenvalue weighted by atomic mass is 10.0. The summed E-state index contributed by atoms with van der Waals surface area (Å²) in [5, 5.41) is 10.9. The normalized spacial score (nSPS) is 15.2. The number of nitro groups is 1. The fourth-order valence-electron chi connectivity index (χ4n) is 2.80. The first-order valence-electron chi connectivity index (χ1n) is 6.99. The number of nitro benzene ring substituents is 1. The van der Waals surface area contributed by atoms with Crippen LogP contribution in [-0.2, 0) is 6.42 Å². The first-order chi connectivity index (χ1) is 10.7. The van der Waals surface area contributed by atoms with Crippen LogP contribution >= 0.6 is 0 Å². The van der Waals surface area contributed by atoms with Crippen LogP contribution in [0.3, 0.4) is 0 Å². The van der Waals surface area contributed by atoms with Crippen LogP contribution in [0, 0.1) is 10.1 Å². The first-order valence-corrected chi connectivity index (χ1v) is 6.99. The Bertz CT molecular complexity index is 814. The summed E-state index contributed by atoms with van der Waals surface area (Å²) in [6, 6.07) is 10.6. The zero-order valence-electron chi connectivity index (χ0n) is 11.7. The van der Waals surface area contributed by atoms with Gasteiger partial charge in [-0.05, 0) is 23.8 Å². The van der Waals surface area contributed by atoms with Crippen LogP contribution in [0.4, 0.5) is 11.4 Å². The molecule has 2 aliphatic rings. The van der Waals surface area contributed by atoms with E-state index in [0.717, 1.165) is 35.7 Å². The molecule has 0 amide bonds. The number of ether oxygens (including phenoxy) is 2. The van der Waals surface area contributed by atoms with Crippen molar-refractivity contribution in [2.24, 2.45) is 0 Å². The highest BCUT2D eigenvalue weighted by molar-refractivity contribution is 5.81. The Morgan fingerprint density at radius 3 is 2.77 bits per heavy atom. The maximum Gasteiger partial charge on any atom is 0.276 e. The molecule has 4 rings (SSSR count). The highest BCUT2D eigenvalue weighted by atomic mass is 16.7. The third-order valence-electron chi connectivity index (χ3n) is 3.92. The van der Waals surface area contributed by atoms with Gasteiger partial charge in [-0.2, -0.15) is 4.58 Å². The standard InChI is InChI=1S/C16H13N2O4/c19-18(20)14-3-1-2-13(8-14)17-5-4-11-6-15-16(22-10-21-15)7-12(11)9-17/h1-3,6-9H,4-5,10H2/q+1. The maximum atomic E-state index is 10.9. The van der Waals surface area contributed by atoms with E-state index in [1.165, 1.54) is 11.6 Å². The smallest absolute Gasteiger partial charge is 0.276 e. The average molecular weight is 297 g/mol. The van der Waals surface area contributed by atoms with Gasteiger partial charge in [0.05, 0.1) is 11.0 Å². The maximum absolute atomic E-state index is 10.9. The molecule has 0 aliphatic carbocycles. The third kappa shape index (κ3) is 2.09.